The number of unbranched alkanes of at least 4 members (excludes halogenated alkanes) is 30. The predicted molar refractivity (Wildman–Crippen MR) is 226 cm³/mol. The zero-order valence-electron chi connectivity index (χ0n) is 36.0. The zero-order valence-corrected chi connectivity index (χ0v) is 36.9. The van der Waals surface area contributed by atoms with E-state index in [9.17, 15) is 9.46 Å². The van der Waals surface area contributed by atoms with Gasteiger partial charge in [0.05, 0.1) is 27.2 Å². The van der Waals surface area contributed by atoms with Crippen molar-refractivity contribution in [1.29, 1.82) is 0 Å². The molecule has 0 aromatic rings. The van der Waals surface area contributed by atoms with E-state index in [0.29, 0.717) is 24.1 Å². The SMILES string of the molecule is CCCCCCCCCCCCCCCCCCNCC(CNCCCCCCCCCCCCCCCCCC)OP(=O)([O-])OCC[N+](C)(C)C. The number of nitrogens with one attached hydrogen (secondary N) is 2. The number of hydrogen-bond donors (Lipinski definition) is 2. The second kappa shape index (κ2) is 39.2. The summed E-state index contributed by atoms with van der Waals surface area (Å²) in [6.07, 6.45) is 43.2. The van der Waals surface area contributed by atoms with E-state index in [0.717, 1.165) is 25.9 Å². The van der Waals surface area contributed by atoms with Crippen LogP contribution in [0.4, 0.5) is 0 Å². The molecule has 52 heavy (non-hydrogen) atoms. The van der Waals surface area contributed by atoms with Gasteiger partial charge in [0.2, 0.25) is 0 Å². The van der Waals surface area contributed by atoms with Gasteiger partial charge < -0.3 is 29.1 Å². The summed E-state index contributed by atoms with van der Waals surface area (Å²) in [7, 11) is 1.70. The van der Waals surface area contributed by atoms with Crippen LogP contribution in [0.1, 0.15) is 219 Å². The molecular formula is C44H94N3O4P. The van der Waals surface area contributed by atoms with Gasteiger partial charge in [-0.1, -0.05) is 206 Å². The Kier molecular flexibility index (Phi) is 39.2. The van der Waals surface area contributed by atoms with Crippen LogP contribution in [0.15, 0.2) is 0 Å². The molecule has 7 nitrogen and oxygen atoms in total. The highest BCUT2D eigenvalue weighted by Gasteiger charge is 2.19. The molecule has 0 spiro atoms. The summed E-state index contributed by atoms with van der Waals surface area (Å²) in [5.41, 5.74) is 0. The van der Waals surface area contributed by atoms with Gasteiger partial charge in [0, 0.05) is 13.1 Å². The van der Waals surface area contributed by atoms with Crippen molar-refractivity contribution in [2.75, 3.05) is 60.5 Å². The van der Waals surface area contributed by atoms with Crippen molar-refractivity contribution in [3.8, 4) is 0 Å². The van der Waals surface area contributed by atoms with Crippen molar-refractivity contribution in [1.82, 2.24) is 10.6 Å². The summed E-state index contributed by atoms with van der Waals surface area (Å²) >= 11 is 0. The average molecular weight is 760 g/mol. The number of likely N-dealkylation sites (N-methyl/N-ethyl adjacent to an activating group) is 1. The molecule has 0 aliphatic carbocycles. The lowest BCUT2D eigenvalue weighted by Gasteiger charge is -2.30. The smallest absolute Gasteiger partial charge is 0.268 e. The van der Waals surface area contributed by atoms with E-state index in [4.69, 9.17) is 9.05 Å². The lowest BCUT2D eigenvalue weighted by molar-refractivity contribution is -0.870. The van der Waals surface area contributed by atoms with Gasteiger partial charge >= 0.3 is 0 Å². The van der Waals surface area contributed by atoms with Crippen molar-refractivity contribution in [2.45, 2.75) is 225 Å². The molecule has 0 bridgehead atoms. The monoisotopic (exact) mass is 760 g/mol. The molecule has 0 aromatic carbocycles. The van der Waals surface area contributed by atoms with E-state index >= 15 is 0 Å². The second-order valence-corrected chi connectivity index (χ2v) is 18.4. The summed E-state index contributed by atoms with van der Waals surface area (Å²) in [4.78, 5) is 12.6. The fourth-order valence-electron chi connectivity index (χ4n) is 6.91. The van der Waals surface area contributed by atoms with Crippen LogP contribution in [0, 0.1) is 0 Å². The fourth-order valence-corrected chi connectivity index (χ4v) is 7.79. The molecule has 8 heteroatoms. The van der Waals surface area contributed by atoms with Crippen molar-refractivity contribution >= 4 is 7.82 Å². The quantitative estimate of drug-likeness (QED) is 0.0366. The van der Waals surface area contributed by atoms with E-state index in [1.165, 1.54) is 193 Å². The maximum atomic E-state index is 12.6. The maximum absolute atomic E-state index is 12.6. The first-order valence-electron chi connectivity index (χ1n) is 23.1. The molecule has 0 heterocycles. The minimum atomic E-state index is -4.36. The second-order valence-electron chi connectivity index (χ2n) is 17.0. The maximum Gasteiger partial charge on any atom is 0.268 e. The Morgan fingerprint density at radius 2 is 0.750 bits per heavy atom. The molecule has 0 saturated heterocycles. The molecule has 0 saturated carbocycles. The summed E-state index contributed by atoms with van der Waals surface area (Å²) in [5, 5.41) is 6.93. The highest BCUT2D eigenvalue weighted by atomic mass is 31.2. The van der Waals surface area contributed by atoms with E-state index < -0.39 is 13.9 Å². The fraction of sp³-hybridized carbons (Fsp3) is 1.00. The van der Waals surface area contributed by atoms with Gasteiger partial charge in [0.15, 0.2) is 0 Å². The lowest BCUT2D eigenvalue weighted by Crippen LogP contribution is -2.39. The van der Waals surface area contributed by atoms with E-state index in [2.05, 4.69) is 24.5 Å². The Morgan fingerprint density at radius 3 is 1.02 bits per heavy atom. The number of phosphoric acid groups is 1. The molecule has 0 aliphatic heterocycles. The van der Waals surface area contributed by atoms with Crippen LogP contribution in [0.3, 0.4) is 0 Å². The first-order valence-corrected chi connectivity index (χ1v) is 24.5. The van der Waals surface area contributed by atoms with Gasteiger partial charge in [0.1, 0.15) is 13.2 Å². The summed E-state index contributed by atoms with van der Waals surface area (Å²) in [6, 6.07) is 0. The van der Waals surface area contributed by atoms with Gasteiger partial charge in [-0.2, -0.15) is 0 Å². The number of rotatable bonds is 44. The van der Waals surface area contributed by atoms with Crippen LogP contribution in [0.25, 0.3) is 0 Å². The van der Waals surface area contributed by atoms with E-state index in [1.54, 1.807) is 0 Å². The molecule has 0 amide bonds. The van der Waals surface area contributed by atoms with Crippen LogP contribution in [-0.4, -0.2) is 71.1 Å². The summed E-state index contributed by atoms with van der Waals surface area (Å²) in [5.74, 6) is 0. The minimum absolute atomic E-state index is 0.135. The number of quaternary nitrogens is 1. The molecule has 0 aliphatic rings. The third kappa shape index (κ3) is 42.7. The third-order valence-electron chi connectivity index (χ3n) is 10.4. The molecule has 0 radical (unpaired) electrons. The largest absolute Gasteiger partial charge is 0.756 e. The Hall–Kier alpha value is -0.0100. The number of nitrogens with zero attached hydrogens (tertiary/aromatic N) is 1. The van der Waals surface area contributed by atoms with Crippen LogP contribution in [0.5, 0.6) is 0 Å². The Labute approximate surface area is 326 Å². The Balaban J connectivity index is 4.00. The first kappa shape index (κ1) is 52.0. The lowest BCUT2D eigenvalue weighted by atomic mass is 10.0. The molecule has 1 atom stereocenters. The van der Waals surface area contributed by atoms with Crippen molar-refractivity contribution in [3.05, 3.63) is 0 Å². The van der Waals surface area contributed by atoms with E-state index in [1.807, 2.05) is 21.1 Å². The van der Waals surface area contributed by atoms with Crippen molar-refractivity contribution < 1.29 is 23.0 Å². The number of phosphoric ester groups is 1. The normalized spacial score (nSPS) is 13.4. The van der Waals surface area contributed by atoms with Gasteiger partial charge in [-0.3, -0.25) is 4.57 Å². The molecule has 1 unspecified atom stereocenters. The molecule has 0 fully saturated rings. The standard InChI is InChI=1S/C44H94N3O4P/c1-6-8-10-12-14-16-18-20-22-24-26-28-30-32-34-36-38-45-42-44(51-52(48,49)50-41-40-47(3,4)5)43-46-39-37-35-33-31-29-27-25-23-21-19-17-15-13-11-9-7-2/h44-46H,6-43H2,1-5H3. The molecular weight excluding hydrogens is 665 g/mol. The first-order chi connectivity index (χ1) is 25.2. The van der Waals surface area contributed by atoms with Crippen LogP contribution >= 0.6 is 7.82 Å². The van der Waals surface area contributed by atoms with Crippen LogP contribution in [0.2, 0.25) is 0 Å². The zero-order chi connectivity index (χ0) is 38.3. The van der Waals surface area contributed by atoms with Gasteiger partial charge in [-0.15, -0.1) is 0 Å². The summed E-state index contributed by atoms with van der Waals surface area (Å²) < 4.78 is 24.1. The topological polar surface area (TPSA) is 82.7 Å². The Bertz CT molecular complexity index is 711. The molecule has 2 N–H and O–H groups in total. The van der Waals surface area contributed by atoms with E-state index in [-0.39, 0.29) is 6.61 Å². The predicted octanol–water partition coefficient (Wildman–Crippen LogP) is 12.3. The van der Waals surface area contributed by atoms with Crippen molar-refractivity contribution in [2.24, 2.45) is 0 Å². The van der Waals surface area contributed by atoms with Crippen molar-refractivity contribution in [3.63, 3.8) is 0 Å². The van der Waals surface area contributed by atoms with Gasteiger partial charge in [-0.05, 0) is 25.9 Å². The van der Waals surface area contributed by atoms with Gasteiger partial charge in [0.25, 0.3) is 7.82 Å². The highest BCUT2D eigenvalue weighted by molar-refractivity contribution is 7.45. The Morgan fingerprint density at radius 1 is 0.481 bits per heavy atom. The molecule has 0 aromatic heterocycles. The van der Waals surface area contributed by atoms with Crippen LogP contribution in [-0.2, 0) is 13.6 Å². The van der Waals surface area contributed by atoms with Gasteiger partial charge in [-0.25, -0.2) is 0 Å². The summed E-state index contributed by atoms with van der Waals surface area (Å²) in [6.45, 7) is 8.12. The number of hydrogen-bond acceptors (Lipinski definition) is 6. The highest BCUT2D eigenvalue weighted by Crippen LogP contribution is 2.39. The molecule has 0 rings (SSSR count). The minimum Gasteiger partial charge on any atom is -0.756 e. The third-order valence-corrected chi connectivity index (χ3v) is 11.5. The average Bonchev–Trinajstić information content (AvgIpc) is 3.09. The van der Waals surface area contributed by atoms with Crippen LogP contribution < -0.4 is 15.5 Å². The molecule has 314 valence electrons.